The number of nitrogens with zero attached hydrogens (tertiary/aromatic N) is 1. The van der Waals surface area contributed by atoms with Gasteiger partial charge in [0.2, 0.25) is 0 Å². The molecular weight excluding hydrogens is 324 g/mol. The number of rotatable bonds is 3. The number of carbonyl (C=O) groups excluding carboxylic acids is 1. The van der Waals surface area contributed by atoms with Crippen molar-refractivity contribution >= 4 is 33.5 Å². The van der Waals surface area contributed by atoms with Crippen molar-refractivity contribution in [3.05, 3.63) is 57.8 Å². The minimum absolute atomic E-state index is 0.169. The Kier molecular flexibility index (Phi) is 4.14. The van der Waals surface area contributed by atoms with Gasteiger partial charge in [-0.15, -0.1) is 0 Å². The van der Waals surface area contributed by atoms with Crippen LogP contribution in [0.5, 0.6) is 0 Å². The third kappa shape index (κ3) is 3.21. The largest absolute Gasteiger partial charge is 0.476 e. The summed E-state index contributed by atoms with van der Waals surface area (Å²) in [6, 6.07) is 8.33. The summed E-state index contributed by atoms with van der Waals surface area (Å²) in [5, 5.41) is 11.6. The van der Waals surface area contributed by atoms with E-state index in [1.165, 1.54) is 12.3 Å². The second kappa shape index (κ2) is 5.83. The summed E-state index contributed by atoms with van der Waals surface area (Å²) in [7, 11) is 0. The Balaban J connectivity index is 2.30. The molecule has 1 amide bonds. The van der Waals surface area contributed by atoms with Crippen molar-refractivity contribution in [3.63, 3.8) is 0 Å². The highest BCUT2D eigenvalue weighted by atomic mass is 79.9. The van der Waals surface area contributed by atoms with Gasteiger partial charge < -0.3 is 10.4 Å². The molecule has 2 N–H and O–H groups in total. The average Bonchev–Trinajstić information content (AvgIpc) is 2.37. The summed E-state index contributed by atoms with van der Waals surface area (Å²) in [6.45, 7) is 1.87. The lowest BCUT2D eigenvalue weighted by Gasteiger charge is -2.08. The molecule has 6 heteroatoms. The maximum atomic E-state index is 12.1. The molecular formula is C14H11BrN2O3. The molecule has 20 heavy (non-hydrogen) atoms. The third-order valence-corrected chi connectivity index (χ3v) is 3.02. The quantitative estimate of drug-likeness (QED) is 0.903. The molecule has 2 aromatic rings. The molecule has 0 saturated carbocycles. The number of anilines is 1. The molecule has 0 atom stereocenters. The predicted octanol–water partition coefficient (Wildman–Crippen LogP) is 3.10. The Bertz CT molecular complexity index is 666. The molecule has 0 fully saturated rings. The first kappa shape index (κ1) is 14.2. The van der Waals surface area contributed by atoms with Crippen LogP contribution >= 0.6 is 15.9 Å². The van der Waals surface area contributed by atoms with E-state index in [2.05, 4.69) is 26.2 Å². The molecule has 5 nitrogen and oxygen atoms in total. The van der Waals surface area contributed by atoms with Crippen LogP contribution in [0.2, 0.25) is 0 Å². The van der Waals surface area contributed by atoms with E-state index in [-0.39, 0.29) is 17.3 Å². The van der Waals surface area contributed by atoms with Crippen LogP contribution in [0, 0.1) is 6.92 Å². The van der Waals surface area contributed by atoms with Crippen LogP contribution in [0.3, 0.4) is 0 Å². The normalized spacial score (nSPS) is 10.1. The Hall–Kier alpha value is -2.21. The van der Waals surface area contributed by atoms with Crippen LogP contribution in [-0.2, 0) is 0 Å². The van der Waals surface area contributed by atoms with Crippen LogP contribution < -0.4 is 5.32 Å². The Labute approximate surface area is 123 Å². The lowest BCUT2D eigenvalue weighted by Crippen LogP contribution is -2.15. The van der Waals surface area contributed by atoms with E-state index in [4.69, 9.17) is 5.11 Å². The molecule has 2 rings (SSSR count). The van der Waals surface area contributed by atoms with Gasteiger partial charge in [-0.1, -0.05) is 15.9 Å². The number of aromatic carboxylic acids is 1. The van der Waals surface area contributed by atoms with E-state index in [9.17, 15) is 9.59 Å². The number of aryl methyl sites for hydroxylation is 1. The van der Waals surface area contributed by atoms with Crippen molar-refractivity contribution in [1.82, 2.24) is 4.98 Å². The van der Waals surface area contributed by atoms with Gasteiger partial charge in [-0.25, -0.2) is 9.78 Å². The maximum absolute atomic E-state index is 12.1. The molecule has 0 unspecified atom stereocenters. The van der Waals surface area contributed by atoms with E-state index >= 15 is 0 Å². The first-order valence-corrected chi connectivity index (χ1v) is 6.53. The van der Waals surface area contributed by atoms with Gasteiger partial charge in [0.25, 0.3) is 5.91 Å². The highest BCUT2D eigenvalue weighted by Gasteiger charge is 2.14. The van der Waals surface area contributed by atoms with Crippen LogP contribution in [0.15, 0.2) is 41.0 Å². The number of carboxylic acids is 1. The van der Waals surface area contributed by atoms with Gasteiger partial charge in [0.05, 0.1) is 5.69 Å². The van der Waals surface area contributed by atoms with Gasteiger partial charge >= 0.3 is 5.97 Å². The van der Waals surface area contributed by atoms with Gasteiger partial charge in [-0.3, -0.25) is 4.79 Å². The van der Waals surface area contributed by atoms with E-state index in [1.807, 2.05) is 13.0 Å². The first-order chi connectivity index (χ1) is 9.47. The maximum Gasteiger partial charge on any atom is 0.356 e. The SMILES string of the molecule is Cc1cc(Br)cc(C(=O)Nc2cccnc2C(=O)O)c1. The number of pyridine rings is 1. The lowest BCUT2D eigenvalue weighted by atomic mass is 10.1. The topological polar surface area (TPSA) is 79.3 Å². The van der Waals surface area contributed by atoms with Crippen LogP contribution in [0.1, 0.15) is 26.4 Å². The van der Waals surface area contributed by atoms with E-state index in [1.54, 1.807) is 18.2 Å². The minimum atomic E-state index is -1.19. The van der Waals surface area contributed by atoms with Crippen molar-refractivity contribution < 1.29 is 14.7 Å². The summed E-state index contributed by atoms with van der Waals surface area (Å²) < 4.78 is 0.785. The van der Waals surface area contributed by atoms with Gasteiger partial charge in [0, 0.05) is 16.2 Å². The summed E-state index contributed by atoms with van der Waals surface area (Å²) in [4.78, 5) is 26.9. The summed E-state index contributed by atoms with van der Waals surface area (Å²) in [5.74, 6) is -1.57. The standard InChI is InChI=1S/C14H11BrN2O3/c1-8-5-9(7-10(15)6-8)13(18)17-11-3-2-4-16-12(11)14(19)20/h2-7H,1H3,(H,17,18)(H,19,20). The predicted molar refractivity (Wildman–Crippen MR) is 78.0 cm³/mol. The number of carboxylic acid groups (broad SMARTS) is 1. The Morgan fingerprint density at radius 1 is 1.30 bits per heavy atom. The highest BCUT2D eigenvalue weighted by molar-refractivity contribution is 9.10. The number of hydrogen-bond acceptors (Lipinski definition) is 3. The monoisotopic (exact) mass is 334 g/mol. The molecule has 1 heterocycles. The molecule has 0 saturated heterocycles. The van der Waals surface area contributed by atoms with Crippen LogP contribution in [0.25, 0.3) is 0 Å². The van der Waals surface area contributed by atoms with Crippen molar-refractivity contribution in [2.24, 2.45) is 0 Å². The Morgan fingerprint density at radius 3 is 2.70 bits per heavy atom. The van der Waals surface area contributed by atoms with Crippen molar-refractivity contribution in [2.45, 2.75) is 6.92 Å². The molecule has 0 aliphatic rings. The van der Waals surface area contributed by atoms with Crippen LogP contribution in [0.4, 0.5) is 5.69 Å². The zero-order chi connectivity index (χ0) is 14.7. The molecule has 0 radical (unpaired) electrons. The lowest BCUT2D eigenvalue weighted by molar-refractivity contribution is 0.0692. The van der Waals surface area contributed by atoms with Crippen molar-refractivity contribution in [1.29, 1.82) is 0 Å². The van der Waals surface area contributed by atoms with Gasteiger partial charge in [-0.05, 0) is 42.8 Å². The molecule has 0 aliphatic heterocycles. The average molecular weight is 335 g/mol. The fourth-order valence-electron chi connectivity index (χ4n) is 1.74. The second-order valence-electron chi connectivity index (χ2n) is 4.18. The molecule has 0 aliphatic carbocycles. The number of carbonyl (C=O) groups is 2. The smallest absolute Gasteiger partial charge is 0.356 e. The molecule has 1 aromatic heterocycles. The second-order valence-corrected chi connectivity index (χ2v) is 5.09. The summed E-state index contributed by atoms with van der Waals surface area (Å²) in [6.07, 6.45) is 1.36. The summed E-state index contributed by atoms with van der Waals surface area (Å²) >= 11 is 3.32. The van der Waals surface area contributed by atoms with Crippen molar-refractivity contribution in [2.75, 3.05) is 5.32 Å². The number of aromatic nitrogens is 1. The molecule has 1 aromatic carbocycles. The summed E-state index contributed by atoms with van der Waals surface area (Å²) in [5.41, 5.74) is 1.35. The number of hydrogen-bond donors (Lipinski definition) is 2. The van der Waals surface area contributed by atoms with Crippen molar-refractivity contribution in [3.8, 4) is 0 Å². The van der Waals surface area contributed by atoms with Crippen LogP contribution in [-0.4, -0.2) is 22.0 Å². The fourth-order valence-corrected chi connectivity index (χ4v) is 2.35. The number of benzene rings is 1. The third-order valence-electron chi connectivity index (χ3n) is 2.56. The van der Waals surface area contributed by atoms with E-state index in [0.717, 1.165) is 10.0 Å². The molecule has 0 spiro atoms. The fraction of sp³-hybridized carbons (Fsp3) is 0.0714. The molecule has 102 valence electrons. The number of amides is 1. The Morgan fingerprint density at radius 2 is 2.05 bits per heavy atom. The van der Waals surface area contributed by atoms with E-state index < -0.39 is 5.97 Å². The van der Waals surface area contributed by atoms with E-state index in [0.29, 0.717) is 5.56 Å². The number of nitrogens with one attached hydrogen (secondary N) is 1. The van der Waals surface area contributed by atoms with Gasteiger partial charge in [0.15, 0.2) is 5.69 Å². The van der Waals surface area contributed by atoms with Gasteiger partial charge in [-0.2, -0.15) is 0 Å². The first-order valence-electron chi connectivity index (χ1n) is 5.74. The highest BCUT2D eigenvalue weighted by Crippen LogP contribution is 2.18. The zero-order valence-corrected chi connectivity index (χ0v) is 12.1. The minimum Gasteiger partial charge on any atom is -0.476 e. The molecule has 0 bridgehead atoms. The number of halogens is 1. The zero-order valence-electron chi connectivity index (χ0n) is 10.6. The van der Waals surface area contributed by atoms with Gasteiger partial charge in [0.1, 0.15) is 0 Å².